The van der Waals surface area contributed by atoms with Crippen molar-refractivity contribution in [2.24, 2.45) is 0 Å². The Kier molecular flexibility index (Phi) is 7.20. The summed E-state index contributed by atoms with van der Waals surface area (Å²) in [6.07, 6.45) is 2.98. The van der Waals surface area contributed by atoms with Gasteiger partial charge in [-0.05, 0) is 16.7 Å². The summed E-state index contributed by atoms with van der Waals surface area (Å²) in [5, 5.41) is 1.41. The molecule has 0 aliphatic heterocycles. The molecule has 4 nitrogen and oxygen atoms in total. The summed E-state index contributed by atoms with van der Waals surface area (Å²) in [6.45, 7) is -2.95. The maximum absolute atomic E-state index is 12.5. The summed E-state index contributed by atoms with van der Waals surface area (Å²) in [4.78, 5) is 46.8. The first-order valence-corrected chi connectivity index (χ1v) is 9.92. The Hall–Kier alpha value is -2.84. The van der Waals surface area contributed by atoms with Crippen LogP contribution in [0.25, 0.3) is 0 Å². The molecular weight excluding hydrogens is 460 g/mol. The average Bonchev–Trinajstić information content (AvgIpc) is 2.75. The zero-order valence-corrected chi connectivity index (χ0v) is 17.1. The van der Waals surface area contributed by atoms with Gasteiger partial charge in [0.2, 0.25) is 0 Å². The molecule has 0 N–H and O–H groups in total. The summed E-state index contributed by atoms with van der Waals surface area (Å²) in [5.74, 6) is 5.04. The minimum Gasteiger partial charge on any atom is -0.234 e. The van der Waals surface area contributed by atoms with E-state index in [-0.39, 0.29) is 36.2 Å². The summed E-state index contributed by atoms with van der Waals surface area (Å²) >= 11 is 0. The molecule has 0 heterocycles. The van der Waals surface area contributed by atoms with Crippen LogP contribution in [0.3, 0.4) is 0 Å². The van der Waals surface area contributed by atoms with Crippen molar-refractivity contribution in [2.75, 3.05) is 0 Å². The second-order valence-electron chi connectivity index (χ2n) is 5.80. The Morgan fingerprint density at radius 2 is 1.25 bits per heavy atom. The van der Waals surface area contributed by atoms with Crippen LogP contribution in [-0.2, 0) is 38.7 Å². The molecule has 0 spiro atoms. The van der Waals surface area contributed by atoms with Crippen LogP contribution in [0.5, 0.6) is 0 Å². The zero-order valence-electron chi connectivity index (χ0n) is 14.4. The Morgan fingerprint density at radius 1 is 0.714 bits per heavy atom. The molecule has 138 valence electrons. The molecule has 0 saturated carbocycles. The molecule has 0 bridgehead atoms. The minimum absolute atomic E-state index is 0. The van der Waals surface area contributed by atoms with E-state index >= 15 is 0 Å². The van der Waals surface area contributed by atoms with Crippen molar-refractivity contribution in [1.29, 1.82) is 0 Å². The number of hydrogen-bond acceptors (Lipinski definition) is 4. The fraction of sp³-hybridized carbons (Fsp3) is 0.0455. The van der Waals surface area contributed by atoms with Gasteiger partial charge in [-0.3, -0.25) is 0 Å². The van der Waals surface area contributed by atoms with Gasteiger partial charge in [-0.15, -0.1) is 0 Å². The first-order valence-electron chi connectivity index (χ1n) is 8.06. The largest absolute Gasteiger partial charge is 0.234 e. The fourth-order valence-corrected chi connectivity index (χ4v) is 6.71. The molecule has 0 radical (unpaired) electrons. The van der Waals surface area contributed by atoms with Crippen LogP contribution in [0.2, 0.25) is 0 Å². The van der Waals surface area contributed by atoms with E-state index in [2.05, 4.69) is 5.66 Å². The van der Waals surface area contributed by atoms with Gasteiger partial charge in [-0.2, -0.15) is 0 Å². The van der Waals surface area contributed by atoms with Gasteiger partial charge in [0, 0.05) is 26.4 Å². The second-order valence-corrected chi connectivity index (χ2v) is 9.01. The number of benzene rings is 2. The number of carbonyl (C=O) groups excluding carboxylic acids is 4. The first-order chi connectivity index (χ1) is 13.2. The van der Waals surface area contributed by atoms with E-state index in [1.807, 2.05) is 12.1 Å². The van der Waals surface area contributed by atoms with Crippen LogP contribution in [0.4, 0.5) is 0 Å². The van der Waals surface area contributed by atoms with Gasteiger partial charge < -0.3 is 0 Å². The molecular formula is C22H13O4PRu. The molecule has 0 saturated heterocycles. The summed E-state index contributed by atoms with van der Waals surface area (Å²) in [7, 11) is 0. The standard InChI is InChI=1S/C22H13O4P.Ru/c23-13-17-11-12-22(21(15-25)20(17)14-24)27(16-26,18-7-3-1-4-8-18)19-9-5-2-6-10-19;/h1-12,22H;. The van der Waals surface area contributed by atoms with Crippen molar-refractivity contribution in [3.8, 4) is 0 Å². The number of hydrogen-bond donors (Lipinski definition) is 0. The molecule has 1 aliphatic rings. The molecule has 0 fully saturated rings. The quantitative estimate of drug-likeness (QED) is 0.388. The number of allylic oxidation sites excluding steroid dienone is 5. The average molecular weight is 473 g/mol. The van der Waals surface area contributed by atoms with Gasteiger partial charge in [0.15, 0.2) is 0 Å². The molecule has 0 aromatic heterocycles. The van der Waals surface area contributed by atoms with Gasteiger partial charge in [0.1, 0.15) is 23.5 Å². The Balaban J connectivity index is 0.00000280. The second kappa shape index (κ2) is 9.39. The maximum Gasteiger partial charge on any atom is 0.134 e. The third-order valence-corrected chi connectivity index (χ3v) is 8.27. The molecule has 3 rings (SSSR count). The third kappa shape index (κ3) is 3.48. The summed E-state index contributed by atoms with van der Waals surface area (Å²) in [5.41, 5.74) is 1.08. The Morgan fingerprint density at radius 3 is 1.64 bits per heavy atom. The monoisotopic (exact) mass is 474 g/mol. The van der Waals surface area contributed by atoms with Crippen LogP contribution in [0.15, 0.2) is 89.5 Å². The zero-order chi connectivity index (χ0) is 19.3. The molecule has 28 heavy (non-hydrogen) atoms. The van der Waals surface area contributed by atoms with Gasteiger partial charge in [-0.25, -0.2) is 19.2 Å². The maximum atomic E-state index is 12.5. The molecule has 1 atom stereocenters. The molecule has 1 aliphatic carbocycles. The smallest absolute Gasteiger partial charge is 0.134 e. The summed E-state index contributed by atoms with van der Waals surface area (Å²) in [6, 6.07) is 18.1. The van der Waals surface area contributed by atoms with Gasteiger partial charge in [0.05, 0.1) is 22.4 Å². The van der Waals surface area contributed by atoms with E-state index in [4.69, 9.17) is 0 Å². The normalized spacial score (nSPS) is 15.6. The van der Waals surface area contributed by atoms with Gasteiger partial charge in [-0.1, -0.05) is 66.7 Å². The minimum atomic E-state index is -2.95. The molecule has 6 heteroatoms. The Bertz CT molecular complexity index is 1100. The van der Waals surface area contributed by atoms with Crippen molar-refractivity contribution >= 4 is 41.0 Å². The number of rotatable bonds is 3. The van der Waals surface area contributed by atoms with E-state index in [0.717, 1.165) is 0 Å². The van der Waals surface area contributed by atoms with Crippen molar-refractivity contribution in [1.82, 2.24) is 0 Å². The van der Waals surface area contributed by atoms with E-state index in [1.165, 1.54) is 6.08 Å². The van der Waals surface area contributed by atoms with Crippen LogP contribution in [0.1, 0.15) is 0 Å². The predicted molar refractivity (Wildman–Crippen MR) is 105 cm³/mol. The van der Waals surface area contributed by atoms with E-state index in [0.29, 0.717) is 10.6 Å². The van der Waals surface area contributed by atoms with E-state index in [9.17, 15) is 19.2 Å². The van der Waals surface area contributed by atoms with Crippen LogP contribution in [0, 0.1) is 0 Å². The fourth-order valence-electron chi connectivity index (χ4n) is 3.25. The third-order valence-electron chi connectivity index (χ3n) is 4.49. The topological polar surface area (TPSA) is 68.3 Å². The van der Waals surface area contributed by atoms with E-state index < -0.39 is 12.5 Å². The molecule has 2 aromatic rings. The van der Waals surface area contributed by atoms with Crippen molar-refractivity contribution in [3.63, 3.8) is 0 Å². The SMILES string of the molecule is O=C=C1C=CC(P(=C=O)(c2ccccc2)c2ccccc2)C(=C=O)C1=C=O.[Ru]. The summed E-state index contributed by atoms with van der Waals surface area (Å²) < 4.78 is 0. The van der Waals surface area contributed by atoms with Gasteiger partial charge in [0.25, 0.3) is 0 Å². The van der Waals surface area contributed by atoms with Crippen LogP contribution in [-0.4, -0.2) is 29.1 Å². The first kappa shape index (κ1) is 21.5. The van der Waals surface area contributed by atoms with Gasteiger partial charge >= 0.3 is 0 Å². The molecule has 1 unspecified atom stereocenters. The van der Waals surface area contributed by atoms with E-state index in [1.54, 1.807) is 72.4 Å². The van der Waals surface area contributed by atoms with Crippen LogP contribution >= 0.6 is 6.89 Å². The molecule has 2 aromatic carbocycles. The Labute approximate surface area is 174 Å². The predicted octanol–water partition coefficient (Wildman–Crippen LogP) is 1.93. The van der Waals surface area contributed by atoms with Crippen LogP contribution < -0.4 is 10.6 Å². The van der Waals surface area contributed by atoms with Crippen molar-refractivity contribution < 1.29 is 38.7 Å². The van der Waals surface area contributed by atoms with Crippen molar-refractivity contribution in [3.05, 3.63) is 89.5 Å². The molecule has 0 amide bonds. The van der Waals surface area contributed by atoms with Crippen molar-refractivity contribution in [2.45, 2.75) is 5.66 Å².